The van der Waals surface area contributed by atoms with E-state index in [1.54, 1.807) is 23.1 Å². The smallest absolute Gasteiger partial charge is 0.258 e. The number of aromatic nitrogens is 3. The van der Waals surface area contributed by atoms with Crippen LogP contribution in [0.25, 0.3) is 22.2 Å². The van der Waals surface area contributed by atoms with E-state index < -0.39 is 0 Å². The van der Waals surface area contributed by atoms with Gasteiger partial charge in [0.2, 0.25) is 5.88 Å². The van der Waals surface area contributed by atoms with Gasteiger partial charge in [0.15, 0.2) is 12.3 Å². The molecule has 0 spiro atoms. The fraction of sp³-hybridized carbons (Fsp3) is 0.190. The van der Waals surface area contributed by atoms with Crippen LogP contribution in [0.3, 0.4) is 0 Å². The fourth-order valence-corrected chi connectivity index (χ4v) is 3.13. The monoisotopic (exact) mass is 376 g/mol. The van der Waals surface area contributed by atoms with Crippen LogP contribution in [-0.4, -0.2) is 27.3 Å². The van der Waals surface area contributed by atoms with E-state index in [2.05, 4.69) is 15.4 Å². The highest BCUT2D eigenvalue weighted by molar-refractivity contribution is 5.95. The normalized spacial score (nSPS) is 10.9. The van der Waals surface area contributed by atoms with Crippen LogP contribution in [-0.2, 0) is 18.4 Å². The largest absolute Gasteiger partial charge is 0.467 e. The van der Waals surface area contributed by atoms with Crippen molar-refractivity contribution in [3.05, 3.63) is 66.2 Å². The molecule has 0 saturated heterocycles. The molecule has 0 atom stereocenters. The highest BCUT2D eigenvalue weighted by atomic mass is 16.5. The van der Waals surface area contributed by atoms with Gasteiger partial charge in [-0.25, -0.2) is 0 Å². The second-order valence-electron chi connectivity index (χ2n) is 6.43. The average molecular weight is 376 g/mol. The minimum absolute atomic E-state index is 0.135. The Labute approximate surface area is 161 Å². The molecular weight excluding hydrogens is 356 g/mol. The number of hydrogen-bond donors (Lipinski definition) is 1. The second-order valence-corrected chi connectivity index (χ2v) is 6.43. The third-order valence-electron chi connectivity index (χ3n) is 4.42. The Bertz CT molecular complexity index is 1100. The van der Waals surface area contributed by atoms with Crippen LogP contribution in [0.4, 0.5) is 0 Å². The number of carbonyl (C=O) groups excluding carboxylic acids is 1. The quantitative estimate of drug-likeness (QED) is 0.559. The van der Waals surface area contributed by atoms with Gasteiger partial charge in [-0.15, -0.1) is 0 Å². The summed E-state index contributed by atoms with van der Waals surface area (Å²) in [6.07, 6.45) is 1.57. The first kappa shape index (κ1) is 17.8. The molecule has 3 heterocycles. The maximum absolute atomic E-state index is 12.1. The summed E-state index contributed by atoms with van der Waals surface area (Å²) in [5.74, 6) is 0.813. The molecule has 1 N–H and O–H groups in total. The highest BCUT2D eigenvalue weighted by Crippen LogP contribution is 2.32. The number of carbonyl (C=O) groups is 1. The Morgan fingerprint density at radius 2 is 2.04 bits per heavy atom. The number of pyridine rings is 1. The summed E-state index contributed by atoms with van der Waals surface area (Å²) in [6.45, 7) is 2.14. The van der Waals surface area contributed by atoms with Crippen LogP contribution in [0.2, 0.25) is 0 Å². The lowest BCUT2D eigenvalue weighted by atomic mass is 10.0. The molecule has 7 heteroatoms. The standard InChI is InChI=1S/C21H20N4O3/c1-14-20-17(15-7-4-3-5-8-15)11-19(23-21(20)25(2)24-14)28-13-18(26)22-12-16-9-6-10-27-16/h3-11H,12-13H2,1-2H3,(H,22,26). The van der Waals surface area contributed by atoms with Gasteiger partial charge >= 0.3 is 0 Å². The molecule has 3 aromatic heterocycles. The molecule has 1 amide bonds. The van der Waals surface area contributed by atoms with Gasteiger partial charge in [0.05, 0.1) is 23.9 Å². The maximum Gasteiger partial charge on any atom is 0.258 e. The number of furan rings is 1. The van der Waals surface area contributed by atoms with E-state index >= 15 is 0 Å². The Morgan fingerprint density at radius 1 is 1.21 bits per heavy atom. The summed E-state index contributed by atoms with van der Waals surface area (Å²) < 4.78 is 12.6. The van der Waals surface area contributed by atoms with Gasteiger partial charge in [0.25, 0.3) is 5.91 Å². The summed E-state index contributed by atoms with van der Waals surface area (Å²) in [4.78, 5) is 16.6. The summed E-state index contributed by atoms with van der Waals surface area (Å²) >= 11 is 0. The van der Waals surface area contributed by atoms with Crippen molar-refractivity contribution in [1.82, 2.24) is 20.1 Å². The van der Waals surface area contributed by atoms with Gasteiger partial charge in [0.1, 0.15) is 5.76 Å². The molecule has 0 unspecified atom stereocenters. The van der Waals surface area contributed by atoms with Crippen molar-refractivity contribution in [3.63, 3.8) is 0 Å². The first-order chi connectivity index (χ1) is 13.6. The van der Waals surface area contributed by atoms with Crippen LogP contribution in [0.5, 0.6) is 5.88 Å². The Balaban J connectivity index is 1.57. The molecule has 0 aliphatic rings. The third-order valence-corrected chi connectivity index (χ3v) is 4.42. The van der Waals surface area contributed by atoms with Crippen molar-refractivity contribution in [2.24, 2.45) is 7.05 Å². The average Bonchev–Trinajstić information content (AvgIpc) is 3.33. The highest BCUT2D eigenvalue weighted by Gasteiger charge is 2.16. The topological polar surface area (TPSA) is 82.2 Å². The first-order valence-electron chi connectivity index (χ1n) is 8.93. The number of rotatable bonds is 6. The number of amides is 1. The fourth-order valence-electron chi connectivity index (χ4n) is 3.13. The third kappa shape index (κ3) is 3.59. The van der Waals surface area contributed by atoms with Crippen LogP contribution < -0.4 is 10.1 Å². The lowest BCUT2D eigenvalue weighted by Crippen LogP contribution is -2.28. The van der Waals surface area contributed by atoms with Crippen molar-refractivity contribution >= 4 is 16.9 Å². The van der Waals surface area contributed by atoms with Crippen LogP contribution >= 0.6 is 0 Å². The number of nitrogens with zero attached hydrogens (tertiary/aromatic N) is 3. The summed E-state index contributed by atoms with van der Waals surface area (Å²) in [5.41, 5.74) is 3.62. The molecular formula is C21H20N4O3. The minimum Gasteiger partial charge on any atom is -0.467 e. The molecule has 4 rings (SSSR count). The number of hydrogen-bond acceptors (Lipinski definition) is 5. The number of benzene rings is 1. The van der Waals surface area contributed by atoms with E-state index in [4.69, 9.17) is 9.15 Å². The molecule has 0 radical (unpaired) electrons. The zero-order valence-electron chi connectivity index (χ0n) is 15.7. The molecule has 0 saturated carbocycles. The predicted octanol–water partition coefficient (Wildman–Crippen LogP) is 3.23. The second kappa shape index (κ2) is 7.56. The van der Waals surface area contributed by atoms with Crippen molar-refractivity contribution in [3.8, 4) is 17.0 Å². The number of fused-ring (bicyclic) bond motifs is 1. The van der Waals surface area contributed by atoms with Gasteiger partial charge in [-0.2, -0.15) is 10.1 Å². The Hall–Kier alpha value is -3.61. The zero-order valence-corrected chi connectivity index (χ0v) is 15.7. The van der Waals surface area contributed by atoms with E-state index in [-0.39, 0.29) is 12.5 Å². The number of ether oxygens (including phenoxy) is 1. The minimum atomic E-state index is -0.249. The molecule has 0 aliphatic heterocycles. The van der Waals surface area contributed by atoms with Gasteiger partial charge in [-0.1, -0.05) is 30.3 Å². The van der Waals surface area contributed by atoms with Crippen molar-refractivity contribution in [2.75, 3.05) is 6.61 Å². The lowest BCUT2D eigenvalue weighted by molar-refractivity contribution is -0.123. The van der Waals surface area contributed by atoms with Gasteiger partial charge < -0.3 is 14.5 Å². The van der Waals surface area contributed by atoms with E-state index in [0.717, 1.165) is 22.2 Å². The van der Waals surface area contributed by atoms with Gasteiger partial charge in [-0.3, -0.25) is 9.48 Å². The molecule has 142 valence electrons. The molecule has 0 aliphatic carbocycles. The van der Waals surface area contributed by atoms with E-state index in [1.165, 1.54) is 0 Å². The van der Waals surface area contributed by atoms with Crippen LogP contribution in [0.1, 0.15) is 11.5 Å². The van der Waals surface area contributed by atoms with Crippen molar-refractivity contribution in [2.45, 2.75) is 13.5 Å². The van der Waals surface area contributed by atoms with E-state index in [0.29, 0.717) is 23.8 Å². The lowest BCUT2D eigenvalue weighted by Gasteiger charge is -2.10. The Kier molecular flexibility index (Phi) is 4.80. The predicted molar refractivity (Wildman–Crippen MR) is 105 cm³/mol. The SMILES string of the molecule is Cc1nn(C)c2nc(OCC(=O)NCc3ccco3)cc(-c3ccccc3)c12. The van der Waals surface area contributed by atoms with E-state index in [1.807, 2.05) is 50.4 Å². The molecule has 0 fully saturated rings. The summed E-state index contributed by atoms with van der Waals surface area (Å²) in [6, 6.07) is 15.4. The summed E-state index contributed by atoms with van der Waals surface area (Å²) in [7, 11) is 1.84. The van der Waals surface area contributed by atoms with E-state index in [9.17, 15) is 4.79 Å². The van der Waals surface area contributed by atoms with Crippen LogP contribution in [0, 0.1) is 6.92 Å². The molecule has 0 bridgehead atoms. The first-order valence-corrected chi connectivity index (χ1v) is 8.93. The number of nitrogens with one attached hydrogen (secondary N) is 1. The molecule has 28 heavy (non-hydrogen) atoms. The molecule has 7 nitrogen and oxygen atoms in total. The van der Waals surface area contributed by atoms with Gasteiger partial charge in [0, 0.05) is 13.1 Å². The molecule has 1 aromatic carbocycles. The summed E-state index contributed by atoms with van der Waals surface area (Å²) in [5, 5.41) is 8.21. The Morgan fingerprint density at radius 3 is 2.79 bits per heavy atom. The van der Waals surface area contributed by atoms with Crippen LogP contribution in [0.15, 0.2) is 59.2 Å². The van der Waals surface area contributed by atoms with Crippen molar-refractivity contribution < 1.29 is 13.9 Å². The molecule has 4 aromatic rings. The van der Waals surface area contributed by atoms with Gasteiger partial charge in [-0.05, 0) is 30.2 Å². The zero-order chi connectivity index (χ0) is 19.5. The maximum atomic E-state index is 12.1. The number of aryl methyl sites for hydroxylation is 2. The van der Waals surface area contributed by atoms with Crippen molar-refractivity contribution in [1.29, 1.82) is 0 Å².